The lowest BCUT2D eigenvalue weighted by Crippen LogP contribution is -2.32. The third-order valence-corrected chi connectivity index (χ3v) is 3.12. The van der Waals surface area contributed by atoms with E-state index in [1.54, 1.807) is 13.8 Å². The first-order valence-corrected chi connectivity index (χ1v) is 5.47. The van der Waals surface area contributed by atoms with Crippen molar-refractivity contribution in [3.05, 3.63) is 38.9 Å². The molecule has 0 bridgehead atoms. The smallest absolute Gasteiger partial charge is 0.269 e. The van der Waals surface area contributed by atoms with Gasteiger partial charge in [-0.15, -0.1) is 12.4 Å². The number of nitrogens with zero attached hydrogens (tertiary/aromatic N) is 1. The number of halogens is 2. The fourth-order valence-electron chi connectivity index (χ4n) is 1.40. The highest BCUT2D eigenvalue weighted by Crippen LogP contribution is 2.36. The van der Waals surface area contributed by atoms with Crippen molar-refractivity contribution in [3.8, 4) is 0 Å². The fourth-order valence-corrected chi connectivity index (χ4v) is 1.64. The monoisotopic (exact) mass is 294 g/mol. The summed E-state index contributed by atoms with van der Waals surface area (Å²) in [5, 5.41) is 20.3. The third-order valence-electron chi connectivity index (χ3n) is 2.77. The first kappa shape index (κ1) is 17.1. The second-order valence-electron chi connectivity index (χ2n) is 4.59. The summed E-state index contributed by atoms with van der Waals surface area (Å²) >= 11 is 5.97. The topological polar surface area (TPSA) is 89.4 Å². The predicted molar refractivity (Wildman–Crippen MR) is 73.1 cm³/mol. The molecule has 0 amide bonds. The summed E-state index contributed by atoms with van der Waals surface area (Å²) in [7, 11) is 0. The lowest BCUT2D eigenvalue weighted by Gasteiger charge is -2.30. The number of aliphatic hydroxyl groups is 1. The molecule has 18 heavy (non-hydrogen) atoms. The second kappa shape index (κ2) is 6.33. The lowest BCUT2D eigenvalue weighted by atomic mass is 9.81. The maximum atomic E-state index is 10.7. The van der Waals surface area contributed by atoms with Crippen molar-refractivity contribution in [2.24, 2.45) is 11.1 Å². The Hall–Kier alpha value is -0.880. The van der Waals surface area contributed by atoms with Gasteiger partial charge in [0.15, 0.2) is 0 Å². The molecule has 0 aliphatic rings. The molecular formula is C11H16Cl2N2O3. The van der Waals surface area contributed by atoms with Crippen LogP contribution in [0.1, 0.15) is 25.5 Å². The maximum Gasteiger partial charge on any atom is 0.269 e. The molecule has 102 valence electrons. The van der Waals surface area contributed by atoms with Gasteiger partial charge in [0.25, 0.3) is 5.69 Å². The molecule has 0 fully saturated rings. The van der Waals surface area contributed by atoms with Crippen LogP contribution in [0, 0.1) is 15.5 Å². The van der Waals surface area contributed by atoms with E-state index in [1.165, 1.54) is 18.2 Å². The van der Waals surface area contributed by atoms with Crippen LogP contribution in [-0.4, -0.2) is 16.6 Å². The van der Waals surface area contributed by atoms with Crippen molar-refractivity contribution < 1.29 is 10.0 Å². The summed E-state index contributed by atoms with van der Waals surface area (Å²) in [6.07, 6.45) is 0. The number of nitro groups is 1. The summed E-state index contributed by atoms with van der Waals surface area (Å²) in [4.78, 5) is 10.2. The summed E-state index contributed by atoms with van der Waals surface area (Å²) in [6, 6.07) is 3.55. The zero-order chi connectivity index (χ0) is 13.2. The summed E-state index contributed by atoms with van der Waals surface area (Å²) < 4.78 is 0. The number of hydrogen-bond acceptors (Lipinski definition) is 4. The number of nitro benzene ring substituents is 1. The van der Waals surface area contributed by atoms with Crippen LogP contribution in [0.25, 0.3) is 0 Å². The predicted octanol–water partition coefficient (Wildman–Crippen LogP) is 2.69. The van der Waals surface area contributed by atoms with Crippen LogP contribution in [0.5, 0.6) is 0 Å². The van der Waals surface area contributed by atoms with Gasteiger partial charge in [0.2, 0.25) is 0 Å². The highest BCUT2D eigenvalue weighted by molar-refractivity contribution is 6.31. The Labute approximate surface area is 116 Å². The van der Waals surface area contributed by atoms with Crippen LogP contribution in [-0.2, 0) is 0 Å². The van der Waals surface area contributed by atoms with E-state index in [0.717, 1.165) is 0 Å². The minimum Gasteiger partial charge on any atom is -0.396 e. The molecule has 0 spiro atoms. The molecule has 1 aromatic rings. The van der Waals surface area contributed by atoms with Crippen molar-refractivity contribution in [2.75, 3.05) is 6.61 Å². The van der Waals surface area contributed by atoms with E-state index < -0.39 is 16.4 Å². The quantitative estimate of drug-likeness (QED) is 0.660. The number of non-ortho nitro benzene ring substituents is 1. The summed E-state index contributed by atoms with van der Waals surface area (Å²) in [5.41, 5.74) is 5.80. The highest BCUT2D eigenvalue weighted by atomic mass is 35.5. The first-order valence-electron chi connectivity index (χ1n) is 5.10. The van der Waals surface area contributed by atoms with Crippen LogP contribution in [0.15, 0.2) is 18.2 Å². The van der Waals surface area contributed by atoms with E-state index >= 15 is 0 Å². The maximum absolute atomic E-state index is 10.7. The molecule has 7 heteroatoms. The lowest BCUT2D eigenvalue weighted by molar-refractivity contribution is -0.384. The van der Waals surface area contributed by atoms with E-state index in [-0.39, 0.29) is 24.7 Å². The SMILES string of the molecule is CC(C)(CO)[C@@H](N)c1cc([N+](=O)[O-])ccc1Cl.Cl. The summed E-state index contributed by atoms with van der Waals surface area (Å²) in [6.45, 7) is 3.41. The van der Waals surface area contributed by atoms with Crippen molar-refractivity contribution in [1.29, 1.82) is 0 Å². The molecule has 1 aromatic carbocycles. The Morgan fingerprint density at radius 1 is 1.56 bits per heavy atom. The van der Waals surface area contributed by atoms with Crippen LogP contribution in [0.3, 0.4) is 0 Å². The van der Waals surface area contributed by atoms with Gasteiger partial charge < -0.3 is 10.8 Å². The first-order chi connectivity index (χ1) is 7.79. The second-order valence-corrected chi connectivity index (χ2v) is 4.99. The Morgan fingerprint density at radius 2 is 2.11 bits per heavy atom. The molecule has 0 aliphatic carbocycles. The average Bonchev–Trinajstić information content (AvgIpc) is 2.28. The summed E-state index contributed by atoms with van der Waals surface area (Å²) in [5.74, 6) is 0. The Bertz CT molecular complexity index is 438. The van der Waals surface area contributed by atoms with Gasteiger partial charge >= 0.3 is 0 Å². The zero-order valence-electron chi connectivity index (χ0n) is 10.1. The van der Waals surface area contributed by atoms with Gasteiger partial charge in [0.05, 0.1) is 4.92 Å². The molecule has 0 saturated carbocycles. The van der Waals surface area contributed by atoms with Gasteiger partial charge in [-0.2, -0.15) is 0 Å². The number of benzene rings is 1. The van der Waals surface area contributed by atoms with Gasteiger partial charge in [-0.05, 0) is 11.6 Å². The molecule has 0 aromatic heterocycles. The fraction of sp³-hybridized carbons (Fsp3) is 0.455. The highest BCUT2D eigenvalue weighted by Gasteiger charge is 2.29. The zero-order valence-corrected chi connectivity index (χ0v) is 11.7. The standard InChI is InChI=1S/C11H15ClN2O3.ClH/c1-11(2,6-15)10(13)8-5-7(14(16)17)3-4-9(8)12;/h3-5,10,15H,6,13H2,1-2H3;1H/t10-;/m0./s1. The largest absolute Gasteiger partial charge is 0.396 e. The van der Waals surface area contributed by atoms with E-state index in [4.69, 9.17) is 17.3 Å². The number of hydrogen-bond donors (Lipinski definition) is 2. The van der Waals surface area contributed by atoms with Gasteiger partial charge in [-0.3, -0.25) is 10.1 Å². The normalized spacial score (nSPS) is 12.7. The van der Waals surface area contributed by atoms with E-state index in [1.807, 2.05) is 0 Å². The molecule has 0 saturated heterocycles. The van der Waals surface area contributed by atoms with Crippen molar-refractivity contribution in [3.63, 3.8) is 0 Å². The molecule has 3 N–H and O–H groups in total. The Morgan fingerprint density at radius 3 is 2.56 bits per heavy atom. The molecule has 0 heterocycles. The van der Waals surface area contributed by atoms with Crippen molar-refractivity contribution in [2.45, 2.75) is 19.9 Å². The molecule has 0 radical (unpaired) electrons. The van der Waals surface area contributed by atoms with Gasteiger partial charge in [-0.25, -0.2) is 0 Å². The van der Waals surface area contributed by atoms with Crippen LogP contribution >= 0.6 is 24.0 Å². The molecule has 5 nitrogen and oxygen atoms in total. The van der Waals surface area contributed by atoms with Crippen LogP contribution in [0.2, 0.25) is 5.02 Å². The Balaban J connectivity index is 0.00000289. The van der Waals surface area contributed by atoms with Crippen LogP contribution < -0.4 is 5.73 Å². The van der Waals surface area contributed by atoms with E-state index in [0.29, 0.717) is 10.6 Å². The van der Waals surface area contributed by atoms with Crippen LogP contribution in [0.4, 0.5) is 5.69 Å². The average molecular weight is 295 g/mol. The Kier molecular flexibility index (Phi) is 6.02. The van der Waals surface area contributed by atoms with Crippen molar-refractivity contribution >= 4 is 29.7 Å². The minimum atomic E-state index is -0.598. The molecule has 1 rings (SSSR count). The van der Waals surface area contributed by atoms with Gasteiger partial charge in [-0.1, -0.05) is 25.4 Å². The van der Waals surface area contributed by atoms with Gasteiger partial charge in [0.1, 0.15) is 0 Å². The molecular weight excluding hydrogens is 279 g/mol. The number of rotatable bonds is 4. The molecule has 0 unspecified atom stereocenters. The van der Waals surface area contributed by atoms with Gasteiger partial charge in [0, 0.05) is 35.2 Å². The minimum absolute atomic E-state index is 0. The molecule has 1 atom stereocenters. The van der Waals surface area contributed by atoms with Crippen molar-refractivity contribution in [1.82, 2.24) is 0 Å². The number of aliphatic hydroxyl groups excluding tert-OH is 1. The van der Waals surface area contributed by atoms with E-state index in [9.17, 15) is 15.2 Å². The van der Waals surface area contributed by atoms with E-state index in [2.05, 4.69) is 0 Å². The number of nitrogens with two attached hydrogens (primary N) is 1. The molecule has 0 aliphatic heterocycles. The third kappa shape index (κ3) is 3.55.